The van der Waals surface area contributed by atoms with Gasteiger partial charge in [-0.3, -0.25) is 0 Å². The normalized spacial score (nSPS) is 10.5. The average Bonchev–Trinajstić information content (AvgIpc) is 3.26. The second-order valence-electron chi connectivity index (χ2n) is 6.48. The Hall–Kier alpha value is -3.93. The highest BCUT2D eigenvalue weighted by Crippen LogP contribution is 2.25. The summed E-state index contributed by atoms with van der Waals surface area (Å²) in [6, 6.07) is 26.7. The molecule has 4 aromatic rings. The van der Waals surface area contributed by atoms with Crippen LogP contribution >= 0.6 is 0 Å². The molecule has 0 aliphatic rings. The number of nitrogens with zero attached hydrogens (tertiary/aromatic N) is 2. The fourth-order valence-electron chi connectivity index (χ4n) is 2.91. The van der Waals surface area contributed by atoms with Crippen molar-refractivity contribution >= 4 is 11.7 Å². The summed E-state index contributed by atoms with van der Waals surface area (Å²) in [7, 11) is 0. The molecule has 29 heavy (non-hydrogen) atoms. The van der Waals surface area contributed by atoms with Crippen LogP contribution in [0.15, 0.2) is 89.3 Å². The van der Waals surface area contributed by atoms with Crippen molar-refractivity contribution in [2.45, 2.75) is 6.42 Å². The molecule has 0 spiro atoms. The van der Waals surface area contributed by atoms with Crippen LogP contribution in [0.3, 0.4) is 0 Å². The Morgan fingerprint density at radius 2 is 1.45 bits per heavy atom. The third-order valence-corrected chi connectivity index (χ3v) is 4.36. The number of hydrogen-bond donors (Lipinski definition) is 2. The molecule has 0 bridgehead atoms. The van der Waals surface area contributed by atoms with Gasteiger partial charge in [0.15, 0.2) is 0 Å². The first-order valence-electron chi connectivity index (χ1n) is 9.36. The molecule has 4 rings (SSSR count). The number of hydrogen-bond acceptors (Lipinski definition) is 4. The van der Waals surface area contributed by atoms with Crippen LogP contribution in [0, 0.1) is 0 Å². The van der Waals surface area contributed by atoms with Crippen molar-refractivity contribution in [1.82, 2.24) is 15.5 Å². The minimum absolute atomic E-state index is 0.256. The number of nitrogens with one attached hydrogen (secondary N) is 2. The predicted octanol–water partition coefficient (Wildman–Crippen LogP) is 4.77. The van der Waals surface area contributed by atoms with E-state index < -0.39 is 0 Å². The van der Waals surface area contributed by atoms with Crippen molar-refractivity contribution in [3.63, 3.8) is 0 Å². The SMILES string of the molecule is O=C(NCCc1ccccc1)Nc1cccc(-c2nnc(-c3ccccc3)o2)c1. The quantitative estimate of drug-likeness (QED) is 0.502. The maximum absolute atomic E-state index is 12.2. The molecular weight excluding hydrogens is 364 g/mol. The molecule has 144 valence electrons. The first-order valence-corrected chi connectivity index (χ1v) is 9.36. The molecule has 0 unspecified atom stereocenters. The maximum Gasteiger partial charge on any atom is 0.319 e. The van der Waals surface area contributed by atoms with Gasteiger partial charge in [0.1, 0.15) is 0 Å². The zero-order valence-corrected chi connectivity index (χ0v) is 15.7. The molecule has 3 aromatic carbocycles. The van der Waals surface area contributed by atoms with Crippen LogP contribution in [0.4, 0.5) is 10.5 Å². The van der Waals surface area contributed by atoms with Gasteiger partial charge >= 0.3 is 6.03 Å². The van der Waals surface area contributed by atoms with E-state index in [9.17, 15) is 4.79 Å². The molecule has 0 saturated carbocycles. The van der Waals surface area contributed by atoms with Crippen molar-refractivity contribution in [2.75, 3.05) is 11.9 Å². The first kappa shape index (κ1) is 18.4. The van der Waals surface area contributed by atoms with Gasteiger partial charge in [0.2, 0.25) is 11.8 Å². The second-order valence-corrected chi connectivity index (χ2v) is 6.48. The van der Waals surface area contributed by atoms with Crippen molar-refractivity contribution in [1.29, 1.82) is 0 Å². The summed E-state index contributed by atoms with van der Waals surface area (Å²) < 4.78 is 5.78. The van der Waals surface area contributed by atoms with Gasteiger partial charge in [-0.25, -0.2) is 4.79 Å². The number of rotatable bonds is 6. The Balaban J connectivity index is 1.37. The standard InChI is InChI=1S/C23H20N4O2/c28-23(24-15-14-17-8-3-1-4-9-17)25-20-13-7-12-19(16-20)22-27-26-21(29-22)18-10-5-2-6-11-18/h1-13,16H,14-15H2,(H2,24,25,28). The van der Waals surface area contributed by atoms with Crippen LogP contribution in [0.1, 0.15) is 5.56 Å². The Labute approximate surface area is 168 Å². The van der Waals surface area contributed by atoms with E-state index in [-0.39, 0.29) is 6.03 Å². The van der Waals surface area contributed by atoms with Crippen LogP contribution in [-0.4, -0.2) is 22.8 Å². The number of carbonyl (C=O) groups excluding carboxylic acids is 1. The third-order valence-electron chi connectivity index (χ3n) is 4.36. The highest BCUT2D eigenvalue weighted by molar-refractivity contribution is 5.89. The fourth-order valence-corrected chi connectivity index (χ4v) is 2.91. The summed E-state index contributed by atoms with van der Waals surface area (Å²) in [6.45, 7) is 0.555. The number of anilines is 1. The molecule has 6 heteroatoms. The van der Waals surface area contributed by atoms with Gasteiger partial charge in [0.25, 0.3) is 0 Å². The summed E-state index contributed by atoms with van der Waals surface area (Å²) in [4.78, 5) is 12.2. The van der Waals surface area contributed by atoms with Crippen LogP contribution in [0.5, 0.6) is 0 Å². The lowest BCUT2D eigenvalue weighted by molar-refractivity contribution is 0.252. The molecule has 0 aliphatic carbocycles. The van der Waals surface area contributed by atoms with Crippen LogP contribution < -0.4 is 10.6 Å². The van der Waals surface area contributed by atoms with Gasteiger partial charge in [-0.05, 0) is 42.3 Å². The minimum Gasteiger partial charge on any atom is -0.416 e. The van der Waals surface area contributed by atoms with E-state index in [1.54, 1.807) is 6.07 Å². The smallest absolute Gasteiger partial charge is 0.319 e. The van der Waals surface area contributed by atoms with Gasteiger partial charge in [0.05, 0.1) is 0 Å². The molecule has 0 aliphatic heterocycles. The maximum atomic E-state index is 12.2. The zero-order valence-electron chi connectivity index (χ0n) is 15.7. The minimum atomic E-state index is -0.256. The lowest BCUT2D eigenvalue weighted by Gasteiger charge is -2.08. The number of aromatic nitrogens is 2. The van der Waals surface area contributed by atoms with Gasteiger partial charge in [-0.15, -0.1) is 10.2 Å². The van der Waals surface area contributed by atoms with Gasteiger partial charge in [-0.2, -0.15) is 0 Å². The monoisotopic (exact) mass is 384 g/mol. The summed E-state index contributed by atoms with van der Waals surface area (Å²) >= 11 is 0. The molecule has 0 fully saturated rings. The molecule has 1 heterocycles. The Morgan fingerprint density at radius 1 is 0.793 bits per heavy atom. The summed E-state index contributed by atoms with van der Waals surface area (Å²) in [6.07, 6.45) is 0.776. The van der Waals surface area contributed by atoms with E-state index in [1.807, 2.05) is 78.9 Å². The van der Waals surface area contributed by atoms with Crippen LogP contribution in [-0.2, 0) is 6.42 Å². The molecule has 6 nitrogen and oxygen atoms in total. The molecule has 0 radical (unpaired) electrons. The lowest BCUT2D eigenvalue weighted by atomic mass is 10.1. The number of amides is 2. The Kier molecular flexibility index (Phi) is 5.62. The van der Waals surface area contributed by atoms with Crippen LogP contribution in [0.25, 0.3) is 22.9 Å². The van der Waals surface area contributed by atoms with E-state index in [4.69, 9.17) is 4.42 Å². The molecule has 2 amide bonds. The molecule has 0 atom stereocenters. The molecule has 0 saturated heterocycles. The van der Waals surface area contributed by atoms with Gasteiger partial charge < -0.3 is 15.1 Å². The van der Waals surface area contributed by atoms with Crippen molar-refractivity contribution in [3.8, 4) is 22.9 Å². The molecule has 1 aromatic heterocycles. The third kappa shape index (κ3) is 4.87. The van der Waals surface area contributed by atoms with E-state index >= 15 is 0 Å². The second kappa shape index (κ2) is 8.84. The van der Waals surface area contributed by atoms with Gasteiger partial charge in [0, 0.05) is 23.4 Å². The predicted molar refractivity (Wildman–Crippen MR) is 112 cm³/mol. The topological polar surface area (TPSA) is 80.0 Å². The van der Waals surface area contributed by atoms with Crippen molar-refractivity contribution in [2.24, 2.45) is 0 Å². The number of urea groups is 1. The largest absolute Gasteiger partial charge is 0.416 e. The summed E-state index contributed by atoms with van der Waals surface area (Å²) in [5.41, 5.74) is 3.43. The fraction of sp³-hybridized carbons (Fsp3) is 0.0870. The van der Waals surface area contributed by atoms with Crippen LogP contribution in [0.2, 0.25) is 0 Å². The molecule has 2 N–H and O–H groups in total. The highest BCUT2D eigenvalue weighted by Gasteiger charge is 2.11. The first-order chi connectivity index (χ1) is 14.3. The number of benzene rings is 3. The molecular formula is C23H20N4O2. The van der Waals surface area contributed by atoms with Crippen molar-refractivity contribution < 1.29 is 9.21 Å². The van der Waals surface area contributed by atoms with Crippen molar-refractivity contribution in [3.05, 3.63) is 90.5 Å². The zero-order chi connectivity index (χ0) is 19.9. The summed E-state index contributed by atoms with van der Waals surface area (Å²) in [5.74, 6) is 0.856. The van der Waals surface area contributed by atoms with E-state index in [2.05, 4.69) is 20.8 Å². The van der Waals surface area contributed by atoms with E-state index in [1.165, 1.54) is 5.56 Å². The average molecular weight is 384 g/mol. The Bertz CT molecular complexity index is 1080. The van der Waals surface area contributed by atoms with Gasteiger partial charge in [-0.1, -0.05) is 54.6 Å². The number of carbonyl (C=O) groups is 1. The summed E-state index contributed by atoms with van der Waals surface area (Å²) in [5, 5.41) is 13.9. The van der Waals surface area contributed by atoms with E-state index in [0.29, 0.717) is 24.0 Å². The lowest BCUT2D eigenvalue weighted by Crippen LogP contribution is -2.30. The highest BCUT2D eigenvalue weighted by atomic mass is 16.4. The van der Waals surface area contributed by atoms with E-state index in [0.717, 1.165) is 17.5 Å². The Morgan fingerprint density at radius 3 is 2.21 bits per heavy atom.